The van der Waals surface area contributed by atoms with Gasteiger partial charge in [-0.3, -0.25) is 14.3 Å². The van der Waals surface area contributed by atoms with E-state index in [9.17, 15) is 9.59 Å². The Morgan fingerprint density at radius 3 is 2.88 bits per heavy atom. The SMILES string of the molecule is CC(CNC(=O)c1cc(N2CCC(n3c(=O)[nH]c4ncccc43)CC2)ncn1)C1C=CC=CC1. The number of hydrogen-bond acceptors (Lipinski definition) is 6. The largest absolute Gasteiger partial charge is 0.356 e. The molecule has 0 saturated carbocycles. The zero-order valence-electron chi connectivity index (χ0n) is 19.2. The van der Waals surface area contributed by atoms with Gasteiger partial charge in [0.05, 0.1) is 5.52 Å². The van der Waals surface area contributed by atoms with Crippen LogP contribution in [0.4, 0.5) is 5.82 Å². The highest BCUT2D eigenvalue weighted by molar-refractivity contribution is 5.92. The molecule has 1 amide bonds. The molecule has 34 heavy (non-hydrogen) atoms. The van der Waals surface area contributed by atoms with Gasteiger partial charge in [0.25, 0.3) is 5.91 Å². The summed E-state index contributed by atoms with van der Waals surface area (Å²) in [5.41, 5.74) is 1.70. The summed E-state index contributed by atoms with van der Waals surface area (Å²) < 4.78 is 1.82. The van der Waals surface area contributed by atoms with Crippen LogP contribution in [0, 0.1) is 11.8 Å². The van der Waals surface area contributed by atoms with E-state index in [1.165, 1.54) is 6.33 Å². The molecule has 1 saturated heterocycles. The van der Waals surface area contributed by atoms with Gasteiger partial charge in [-0.1, -0.05) is 31.2 Å². The van der Waals surface area contributed by atoms with Crippen LogP contribution in [0.1, 0.15) is 42.7 Å². The molecule has 3 aromatic rings. The second-order valence-corrected chi connectivity index (χ2v) is 9.05. The number of amides is 1. The van der Waals surface area contributed by atoms with Crippen molar-refractivity contribution in [3.63, 3.8) is 0 Å². The second-order valence-electron chi connectivity index (χ2n) is 9.05. The van der Waals surface area contributed by atoms with Crippen LogP contribution in [-0.4, -0.2) is 50.0 Å². The van der Waals surface area contributed by atoms with Crippen LogP contribution < -0.4 is 15.9 Å². The number of imidazole rings is 1. The number of pyridine rings is 1. The minimum Gasteiger partial charge on any atom is -0.356 e. The van der Waals surface area contributed by atoms with E-state index < -0.39 is 0 Å². The molecule has 9 heteroatoms. The highest BCUT2D eigenvalue weighted by atomic mass is 16.2. The Morgan fingerprint density at radius 2 is 2.09 bits per heavy atom. The third-order valence-electron chi connectivity index (χ3n) is 6.86. The lowest BCUT2D eigenvalue weighted by atomic mass is 9.88. The summed E-state index contributed by atoms with van der Waals surface area (Å²) in [6, 6.07) is 5.62. The van der Waals surface area contributed by atoms with Gasteiger partial charge in [-0.25, -0.2) is 19.7 Å². The van der Waals surface area contributed by atoms with E-state index >= 15 is 0 Å². The van der Waals surface area contributed by atoms with Crippen molar-refractivity contribution in [3.8, 4) is 0 Å². The zero-order valence-corrected chi connectivity index (χ0v) is 19.2. The second kappa shape index (κ2) is 9.62. The summed E-state index contributed by atoms with van der Waals surface area (Å²) >= 11 is 0. The first-order chi connectivity index (χ1) is 16.6. The molecule has 176 valence electrons. The van der Waals surface area contributed by atoms with Gasteiger partial charge in [0.1, 0.15) is 17.8 Å². The fourth-order valence-electron chi connectivity index (χ4n) is 4.84. The van der Waals surface area contributed by atoms with Crippen LogP contribution in [0.5, 0.6) is 0 Å². The fourth-order valence-corrected chi connectivity index (χ4v) is 4.84. The highest BCUT2D eigenvalue weighted by Gasteiger charge is 2.25. The number of carbonyl (C=O) groups excluding carboxylic acids is 1. The van der Waals surface area contributed by atoms with Gasteiger partial charge in [0.2, 0.25) is 0 Å². The number of hydrogen-bond donors (Lipinski definition) is 2. The molecular formula is C25H29N7O2. The molecule has 2 unspecified atom stereocenters. The molecule has 0 radical (unpaired) electrons. The maximum Gasteiger partial charge on any atom is 0.327 e. The number of piperidine rings is 1. The van der Waals surface area contributed by atoms with E-state index in [2.05, 4.69) is 61.4 Å². The molecule has 9 nitrogen and oxygen atoms in total. The molecule has 2 N–H and O–H groups in total. The molecule has 3 aromatic heterocycles. The molecule has 1 aliphatic carbocycles. The summed E-state index contributed by atoms with van der Waals surface area (Å²) in [4.78, 5) is 43.1. The van der Waals surface area contributed by atoms with Crippen LogP contribution in [-0.2, 0) is 0 Å². The minimum absolute atomic E-state index is 0.0940. The number of nitrogens with one attached hydrogen (secondary N) is 2. The lowest BCUT2D eigenvalue weighted by molar-refractivity contribution is 0.0940. The number of fused-ring (bicyclic) bond motifs is 1. The lowest BCUT2D eigenvalue weighted by Crippen LogP contribution is -2.37. The topological polar surface area (TPSA) is 109 Å². The highest BCUT2D eigenvalue weighted by Crippen LogP contribution is 2.27. The summed E-state index contributed by atoms with van der Waals surface area (Å²) in [6.45, 7) is 4.22. The first-order valence-electron chi connectivity index (χ1n) is 11.8. The number of anilines is 1. The molecule has 0 spiro atoms. The summed E-state index contributed by atoms with van der Waals surface area (Å²) in [5.74, 6) is 1.33. The van der Waals surface area contributed by atoms with Crippen LogP contribution in [0.2, 0.25) is 0 Å². The molecular weight excluding hydrogens is 430 g/mol. The molecule has 0 bridgehead atoms. The van der Waals surface area contributed by atoms with Gasteiger partial charge < -0.3 is 10.2 Å². The fraction of sp³-hybridized carbons (Fsp3) is 0.400. The number of carbonyl (C=O) groups is 1. The Labute approximate surface area is 197 Å². The van der Waals surface area contributed by atoms with Gasteiger partial charge in [-0.15, -0.1) is 0 Å². The summed E-state index contributed by atoms with van der Waals surface area (Å²) in [7, 11) is 0. The normalized spacial score (nSPS) is 19.4. The van der Waals surface area contributed by atoms with Gasteiger partial charge >= 0.3 is 5.69 Å². The first kappa shape index (κ1) is 22.1. The Morgan fingerprint density at radius 1 is 1.24 bits per heavy atom. The van der Waals surface area contributed by atoms with E-state index in [-0.39, 0.29) is 17.6 Å². The van der Waals surface area contributed by atoms with Gasteiger partial charge in [0.15, 0.2) is 5.65 Å². The molecule has 4 heterocycles. The van der Waals surface area contributed by atoms with Crippen molar-refractivity contribution in [2.75, 3.05) is 24.5 Å². The van der Waals surface area contributed by atoms with Crippen LogP contribution >= 0.6 is 0 Å². The number of allylic oxidation sites excluding steroid dienone is 4. The predicted molar refractivity (Wildman–Crippen MR) is 131 cm³/mol. The number of H-pyrrole nitrogens is 1. The van der Waals surface area contributed by atoms with Crippen molar-refractivity contribution in [2.24, 2.45) is 11.8 Å². The van der Waals surface area contributed by atoms with Crippen molar-refractivity contribution in [1.29, 1.82) is 0 Å². The van der Waals surface area contributed by atoms with Crippen LogP contribution in [0.15, 0.2) is 59.8 Å². The maximum atomic E-state index is 12.7. The molecule has 1 fully saturated rings. The monoisotopic (exact) mass is 459 g/mol. The third kappa shape index (κ3) is 4.50. The molecule has 5 rings (SSSR count). The van der Waals surface area contributed by atoms with Crippen molar-refractivity contribution >= 4 is 22.9 Å². The van der Waals surface area contributed by atoms with E-state index in [0.717, 1.165) is 43.7 Å². The Kier molecular flexibility index (Phi) is 6.24. The molecule has 2 aliphatic rings. The predicted octanol–water partition coefficient (Wildman–Crippen LogP) is 2.85. The number of aromatic nitrogens is 5. The Balaban J connectivity index is 1.21. The number of rotatable bonds is 6. The van der Waals surface area contributed by atoms with E-state index in [1.54, 1.807) is 12.3 Å². The Hall–Kier alpha value is -3.75. The van der Waals surface area contributed by atoms with E-state index in [0.29, 0.717) is 29.7 Å². The summed E-state index contributed by atoms with van der Waals surface area (Å²) in [5, 5.41) is 3.02. The zero-order chi connectivity index (χ0) is 23.5. The molecule has 0 aromatic carbocycles. The van der Waals surface area contributed by atoms with E-state index in [1.807, 2.05) is 16.7 Å². The molecule has 2 atom stereocenters. The Bertz CT molecular complexity index is 1280. The average Bonchev–Trinajstić information content (AvgIpc) is 3.23. The van der Waals surface area contributed by atoms with Gasteiger partial charge in [-0.2, -0.15) is 0 Å². The number of nitrogens with zero attached hydrogens (tertiary/aromatic N) is 5. The molecule has 1 aliphatic heterocycles. The summed E-state index contributed by atoms with van der Waals surface area (Å²) in [6.07, 6.45) is 14.2. The van der Waals surface area contributed by atoms with Gasteiger partial charge in [0, 0.05) is 37.9 Å². The quantitative estimate of drug-likeness (QED) is 0.587. The van der Waals surface area contributed by atoms with Crippen molar-refractivity contribution in [2.45, 2.75) is 32.2 Å². The van der Waals surface area contributed by atoms with E-state index in [4.69, 9.17) is 0 Å². The maximum absolute atomic E-state index is 12.7. The van der Waals surface area contributed by atoms with Crippen LogP contribution in [0.3, 0.4) is 0 Å². The lowest BCUT2D eigenvalue weighted by Gasteiger charge is -2.33. The first-order valence-corrected chi connectivity index (χ1v) is 11.8. The van der Waals surface area contributed by atoms with Crippen molar-refractivity contribution in [3.05, 3.63) is 71.2 Å². The van der Waals surface area contributed by atoms with Crippen LogP contribution in [0.25, 0.3) is 11.2 Å². The van der Waals surface area contributed by atoms with Crippen molar-refractivity contribution in [1.82, 2.24) is 29.8 Å². The standard InChI is InChI=1S/C25H29N7O2/c1-17(18-6-3-2-4-7-18)15-27-24(33)20-14-22(29-16-28-20)31-12-9-19(10-13-31)32-21-8-5-11-26-23(21)30-25(32)34/h2-6,8,11,14,16-19H,7,9-10,12-13,15H2,1H3,(H,27,33)(H,26,30,34). The average molecular weight is 460 g/mol. The smallest absolute Gasteiger partial charge is 0.327 e. The minimum atomic E-state index is -0.182. The third-order valence-corrected chi connectivity index (χ3v) is 6.86. The van der Waals surface area contributed by atoms with Gasteiger partial charge in [-0.05, 0) is 43.2 Å². The number of aromatic amines is 1. The van der Waals surface area contributed by atoms with Crippen molar-refractivity contribution < 1.29 is 4.79 Å².